The lowest BCUT2D eigenvalue weighted by Gasteiger charge is -2.06. The number of ether oxygens (including phenoxy) is 1. The van der Waals surface area contributed by atoms with Gasteiger partial charge in [-0.05, 0) is 58.4 Å². The van der Waals surface area contributed by atoms with Crippen LogP contribution >= 0.6 is 39.3 Å². The van der Waals surface area contributed by atoms with Gasteiger partial charge in [-0.15, -0.1) is 0 Å². The molecular weight excluding hydrogens is 476 g/mol. The van der Waals surface area contributed by atoms with E-state index in [1.54, 1.807) is 42.5 Å². The van der Waals surface area contributed by atoms with Gasteiger partial charge >= 0.3 is 0 Å². The first-order valence-corrected chi connectivity index (χ1v) is 10.3. The number of rotatable bonds is 6. The van der Waals surface area contributed by atoms with Crippen LogP contribution in [0.3, 0.4) is 0 Å². The van der Waals surface area contributed by atoms with Gasteiger partial charge in [0.15, 0.2) is 5.09 Å². The minimum Gasteiger partial charge on any atom is -0.497 e. The Morgan fingerprint density at radius 2 is 2.03 bits per heavy atom. The van der Waals surface area contributed by atoms with Crippen molar-refractivity contribution in [3.8, 4) is 11.8 Å². The van der Waals surface area contributed by atoms with E-state index in [2.05, 4.69) is 21.2 Å². The third-order valence-corrected chi connectivity index (χ3v) is 5.78. The van der Waals surface area contributed by atoms with E-state index in [0.717, 1.165) is 4.90 Å². The molecule has 8 heteroatoms. The number of halogens is 2. The zero-order chi connectivity index (χ0) is 20.8. The molecule has 1 amide bonds. The van der Waals surface area contributed by atoms with Gasteiger partial charge in [0.1, 0.15) is 23.2 Å². The molecule has 1 N–H and O–H groups in total. The Bertz CT molecular complexity index is 1100. The number of anilines is 1. The number of carbonyl (C=O) groups excluding carboxylic acids is 1. The van der Waals surface area contributed by atoms with Crippen molar-refractivity contribution in [3.05, 3.63) is 75.4 Å². The Morgan fingerprint density at radius 3 is 2.72 bits per heavy atom. The van der Waals surface area contributed by atoms with E-state index in [1.165, 1.54) is 24.9 Å². The molecule has 29 heavy (non-hydrogen) atoms. The van der Waals surface area contributed by atoms with Gasteiger partial charge in [0.2, 0.25) is 0 Å². The van der Waals surface area contributed by atoms with Crippen molar-refractivity contribution in [2.75, 3.05) is 12.4 Å². The van der Waals surface area contributed by atoms with Crippen LogP contribution < -0.4 is 10.1 Å². The van der Waals surface area contributed by atoms with Crippen molar-refractivity contribution >= 4 is 57.0 Å². The maximum Gasteiger partial charge on any atom is 0.266 e. The molecule has 0 aliphatic rings. The topological polar surface area (TPSA) is 75.3 Å². The summed E-state index contributed by atoms with van der Waals surface area (Å²) in [5.41, 5.74) is 0.437. The molecule has 0 saturated carbocycles. The Balaban J connectivity index is 1.77. The number of nitriles is 1. The molecule has 5 nitrogen and oxygen atoms in total. The molecule has 1 aromatic heterocycles. The van der Waals surface area contributed by atoms with E-state index < -0.39 is 5.91 Å². The van der Waals surface area contributed by atoms with Gasteiger partial charge in [-0.1, -0.05) is 29.4 Å². The van der Waals surface area contributed by atoms with Crippen molar-refractivity contribution in [1.29, 1.82) is 5.26 Å². The molecule has 2 aromatic carbocycles. The van der Waals surface area contributed by atoms with Gasteiger partial charge in [0.25, 0.3) is 5.91 Å². The predicted molar refractivity (Wildman–Crippen MR) is 117 cm³/mol. The summed E-state index contributed by atoms with van der Waals surface area (Å²) >= 11 is 10.7. The Morgan fingerprint density at radius 1 is 1.28 bits per heavy atom. The van der Waals surface area contributed by atoms with Crippen LogP contribution in [0, 0.1) is 11.3 Å². The molecule has 146 valence electrons. The van der Waals surface area contributed by atoms with Crippen LogP contribution in [0.1, 0.15) is 5.76 Å². The summed E-state index contributed by atoms with van der Waals surface area (Å²) in [7, 11) is 1.54. The van der Waals surface area contributed by atoms with Crippen LogP contribution in [-0.4, -0.2) is 13.0 Å². The number of carbonyl (C=O) groups is 1. The van der Waals surface area contributed by atoms with E-state index in [0.29, 0.717) is 31.8 Å². The fourth-order valence-corrected chi connectivity index (χ4v) is 3.77. The fraction of sp³-hybridized carbons (Fsp3) is 0.0476. The van der Waals surface area contributed by atoms with Gasteiger partial charge in [-0.25, -0.2) is 0 Å². The molecule has 0 fully saturated rings. The molecule has 0 atom stereocenters. The Kier molecular flexibility index (Phi) is 7.04. The van der Waals surface area contributed by atoms with E-state index in [9.17, 15) is 10.1 Å². The highest BCUT2D eigenvalue weighted by molar-refractivity contribution is 9.10. The summed E-state index contributed by atoms with van der Waals surface area (Å²) in [6, 6.07) is 17.8. The first-order valence-electron chi connectivity index (χ1n) is 8.28. The summed E-state index contributed by atoms with van der Waals surface area (Å²) in [4.78, 5) is 13.4. The van der Waals surface area contributed by atoms with E-state index in [1.807, 2.05) is 18.2 Å². The molecule has 1 heterocycles. The van der Waals surface area contributed by atoms with Gasteiger partial charge in [-0.3, -0.25) is 4.79 Å². The molecular formula is C21H14BrClN2O3S. The highest BCUT2D eigenvalue weighted by Crippen LogP contribution is 2.36. The number of hydrogen-bond donors (Lipinski definition) is 1. The highest BCUT2D eigenvalue weighted by Gasteiger charge is 2.14. The number of furan rings is 1. The summed E-state index contributed by atoms with van der Waals surface area (Å²) < 4.78 is 11.6. The Labute approximate surface area is 185 Å². The minimum atomic E-state index is -0.542. The quantitative estimate of drug-likeness (QED) is 0.320. The van der Waals surface area contributed by atoms with Crippen molar-refractivity contribution in [2.45, 2.75) is 9.99 Å². The second kappa shape index (κ2) is 9.70. The summed E-state index contributed by atoms with van der Waals surface area (Å²) in [5.74, 6) is 0.440. The van der Waals surface area contributed by atoms with Crippen LogP contribution in [0.25, 0.3) is 6.08 Å². The maximum atomic E-state index is 12.4. The Hall–Kier alpha value is -2.66. The smallest absolute Gasteiger partial charge is 0.266 e. The standard InChI is InChI=1S/C21H14BrClN2O3S/c1-27-16-4-2-3-15(10-16)25-20(26)13(12-24)9-17-11-19(22)21(28-17)29-18-7-5-14(23)6-8-18/h2-11H,1H3,(H,25,26)/b13-9-. The number of benzene rings is 2. The third kappa shape index (κ3) is 5.67. The number of methoxy groups -OCH3 is 1. The SMILES string of the molecule is COc1cccc(NC(=O)/C(C#N)=C\c2cc(Br)c(Sc3ccc(Cl)cc3)o2)c1. The molecule has 0 spiro atoms. The molecule has 0 radical (unpaired) electrons. The van der Waals surface area contributed by atoms with Crippen LogP contribution in [0.2, 0.25) is 5.02 Å². The van der Waals surface area contributed by atoms with Gasteiger partial charge < -0.3 is 14.5 Å². The normalized spacial score (nSPS) is 11.0. The number of nitrogens with one attached hydrogen (secondary N) is 1. The molecule has 0 aliphatic heterocycles. The monoisotopic (exact) mass is 488 g/mol. The number of hydrogen-bond acceptors (Lipinski definition) is 5. The van der Waals surface area contributed by atoms with Crippen molar-refractivity contribution in [3.63, 3.8) is 0 Å². The zero-order valence-corrected chi connectivity index (χ0v) is 18.3. The first kappa shape index (κ1) is 21.1. The average Bonchev–Trinajstić information content (AvgIpc) is 3.06. The lowest BCUT2D eigenvalue weighted by atomic mass is 10.2. The highest BCUT2D eigenvalue weighted by atomic mass is 79.9. The predicted octanol–water partition coefficient (Wildman–Crippen LogP) is 6.40. The molecule has 0 bridgehead atoms. The largest absolute Gasteiger partial charge is 0.497 e. The first-order chi connectivity index (χ1) is 14.0. The fourth-order valence-electron chi connectivity index (χ4n) is 2.31. The van der Waals surface area contributed by atoms with Gasteiger partial charge in [0, 0.05) is 27.7 Å². The van der Waals surface area contributed by atoms with Gasteiger partial charge in [0.05, 0.1) is 11.6 Å². The summed E-state index contributed by atoms with van der Waals surface area (Å²) in [6.45, 7) is 0. The molecule has 0 aliphatic carbocycles. The second-order valence-electron chi connectivity index (χ2n) is 5.70. The average molecular weight is 490 g/mol. The van der Waals surface area contributed by atoms with E-state index >= 15 is 0 Å². The summed E-state index contributed by atoms with van der Waals surface area (Å²) in [5, 5.41) is 13.3. The molecule has 3 aromatic rings. The van der Waals surface area contributed by atoms with Crippen LogP contribution in [0.15, 0.2) is 79.0 Å². The molecule has 0 unspecified atom stereocenters. The van der Waals surface area contributed by atoms with Gasteiger partial charge in [-0.2, -0.15) is 5.26 Å². The van der Waals surface area contributed by atoms with E-state index in [4.69, 9.17) is 20.8 Å². The number of nitrogens with zero attached hydrogens (tertiary/aromatic N) is 1. The van der Waals surface area contributed by atoms with Crippen LogP contribution in [0.5, 0.6) is 5.75 Å². The zero-order valence-electron chi connectivity index (χ0n) is 15.1. The second-order valence-corrected chi connectivity index (χ2v) is 8.03. The maximum absolute atomic E-state index is 12.4. The molecule has 3 rings (SSSR count). The summed E-state index contributed by atoms with van der Waals surface area (Å²) in [6.07, 6.45) is 1.40. The van der Waals surface area contributed by atoms with Crippen LogP contribution in [0.4, 0.5) is 5.69 Å². The minimum absolute atomic E-state index is 0.0860. The lowest BCUT2D eigenvalue weighted by molar-refractivity contribution is -0.112. The third-order valence-electron chi connectivity index (χ3n) is 3.68. The number of amides is 1. The van der Waals surface area contributed by atoms with Crippen molar-refractivity contribution in [1.82, 2.24) is 0 Å². The molecule has 0 saturated heterocycles. The van der Waals surface area contributed by atoms with E-state index in [-0.39, 0.29) is 5.57 Å². The van der Waals surface area contributed by atoms with Crippen molar-refractivity contribution in [2.24, 2.45) is 0 Å². The lowest BCUT2D eigenvalue weighted by Crippen LogP contribution is -2.13. The van der Waals surface area contributed by atoms with Crippen molar-refractivity contribution < 1.29 is 13.9 Å². The van der Waals surface area contributed by atoms with Crippen LogP contribution in [-0.2, 0) is 4.79 Å².